The van der Waals surface area contributed by atoms with Gasteiger partial charge in [-0.1, -0.05) is 0 Å². The zero-order valence-electron chi connectivity index (χ0n) is 16.4. The lowest BCUT2D eigenvalue weighted by atomic mass is 10.0. The van der Waals surface area contributed by atoms with Crippen molar-refractivity contribution < 1.29 is 35.9 Å². The third kappa shape index (κ3) is 5.52. The number of alkyl halides is 6. The van der Waals surface area contributed by atoms with E-state index in [0.29, 0.717) is 12.1 Å². The molecule has 0 spiro atoms. The number of hydrogen-bond donors (Lipinski definition) is 0. The first-order valence-electron chi connectivity index (χ1n) is 8.88. The minimum Gasteiger partial charge on any atom is -0.459 e. The molecule has 6 nitrogen and oxygen atoms in total. The van der Waals surface area contributed by atoms with Gasteiger partial charge in [-0.15, -0.1) is 16.4 Å². The zero-order chi connectivity index (χ0) is 23.7. The molecule has 0 aliphatic heterocycles. The molecule has 0 atom stereocenters. The van der Waals surface area contributed by atoms with Crippen molar-refractivity contribution in [1.82, 2.24) is 19.7 Å². The number of aromatic nitrogens is 4. The molecule has 32 heavy (non-hydrogen) atoms. The van der Waals surface area contributed by atoms with Gasteiger partial charge in [0, 0.05) is 23.3 Å². The second-order valence-electron chi connectivity index (χ2n) is 6.68. The van der Waals surface area contributed by atoms with E-state index in [9.17, 15) is 31.1 Å². The Balaban J connectivity index is 2.05. The summed E-state index contributed by atoms with van der Waals surface area (Å²) in [5.74, 6) is -1.13. The average molecular weight is 476 g/mol. The van der Waals surface area contributed by atoms with Crippen LogP contribution in [0, 0.1) is 0 Å². The van der Waals surface area contributed by atoms with Gasteiger partial charge < -0.3 is 4.74 Å². The summed E-state index contributed by atoms with van der Waals surface area (Å²) < 4.78 is 84.7. The van der Waals surface area contributed by atoms with Crippen molar-refractivity contribution in [2.75, 3.05) is 0 Å². The van der Waals surface area contributed by atoms with Crippen LogP contribution in [0.3, 0.4) is 0 Å². The molecule has 170 valence electrons. The fourth-order valence-electron chi connectivity index (χ4n) is 2.51. The highest BCUT2D eigenvalue weighted by molar-refractivity contribution is 7.11. The Morgan fingerprint density at radius 1 is 1.06 bits per heavy atom. The molecule has 0 aliphatic rings. The number of esters is 1. The van der Waals surface area contributed by atoms with Gasteiger partial charge in [-0.05, 0) is 32.0 Å². The molecule has 0 unspecified atom stereocenters. The molecule has 2 aromatic heterocycles. The van der Waals surface area contributed by atoms with Crippen molar-refractivity contribution in [2.45, 2.75) is 32.3 Å². The SMILES string of the molecule is CC(C)OC(=O)/C(=C\n1cnc(-c2cc(C(F)(F)F)cc(C(F)(F)F)c2)n1)c1nccs1. The highest BCUT2D eigenvalue weighted by Crippen LogP contribution is 2.38. The van der Waals surface area contributed by atoms with Gasteiger partial charge in [0.05, 0.1) is 17.2 Å². The monoisotopic (exact) mass is 476 g/mol. The quantitative estimate of drug-likeness (QED) is 0.281. The molecule has 1 aromatic carbocycles. The van der Waals surface area contributed by atoms with Gasteiger partial charge in [0.1, 0.15) is 16.9 Å². The lowest BCUT2D eigenvalue weighted by molar-refractivity contribution is -0.143. The maximum Gasteiger partial charge on any atom is 0.416 e. The highest BCUT2D eigenvalue weighted by atomic mass is 32.1. The van der Waals surface area contributed by atoms with Crippen LogP contribution in [0.25, 0.3) is 23.2 Å². The summed E-state index contributed by atoms with van der Waals surface area (Å²) in [6.07, 6.45) is -6.78. The molecule has 3 aromatic rings. The summed E-state index contributed by atoms with van der Waals surface area (Å²) in [5.41, 5.74) is -3.47. The van der Waals surface area contributed by atoms with Crippen molar-refractivity contribution in [3.63, 3.8) is 0 Å². The number of carbonyl (C=O) groups is 1. The molecule has 13 heteroatoms. The third-order valence-electron chi connectivity index (χ3n) is 3.84. The van der Waals surface area contributed by atoms with Gasteiger partial charge in [0.25, 0.3) is 0 Å². The Morgan fingerprint density at radius 3 is 2.19 bits per heavy atom. The van der Waals surface area contributed by atoms with Crippen molar-refractivity contribution in [1.29, 1.82) is 0 Å². The number of rotatable bonds is 5. The number of hydrogen-bond acceptors (Lipinski definition) is 6. The number of nitrogens with zero attached hydrogens (tertiary/aromatic N) is 4. The van der Waals surface area contributed by atoms with E-state index in [1.165, 1.54) is 12.4 Å². The van der Waals surface area contributed by atoms with Gasteiger partial charge >= 0.3 is 18.3 Å². The summed E-state index contributed by atoms with van der Waals surface area (Å²) in [6.45, 7) is 3.27. The summed E-state index contributed by atoms with van der Waals surface area (Å²) in [4.78, 5) is 20.2. The van der Waals surface area contributed by atoms with Crippen molar-refractivity contribution in [3.8, 4) is 11.4 Å². The van der Waals surface area contributed by atoms with E-state index >= 15 is 0 Å². The molecule has 0 N–H and O–H groups in total. The molecule has 0 aliphatic carbocycles. The Kier molecular flexibility index (Phi) is 6.39. The normalized spacial score (nSPS) is 13.0. The van der Waals surface area contributed by atoms with E-state index in [0.717, 1.165) is 22.3 Å². The van der Waals surface area contributed by atoms with E-state index in [1.807, 2.05) is 0 Å². The molecule has 2 heterocycles. The minimum absolute atomic E-state index is 0.00910. The minimum atomic E-state index is -5.00. The number of benzene rings is 1. The Bertz CT molecular complexity index is 1100. The van der Waals surface area contributed by atoms with Gasteiger partial charge in [-0.25, -0.2) is 19.4 Å². The van der Waals surface area contributed by atoms with Crippen LogP contribution in [-0.2, 0) is 21.9 Å². The van der Waals surface area contributed by atoms with Crippen molar-refractivity contribution in [3.05, 3.63) is 52.2 Å². The summed E-state index contributed by atoms with van der Waals surface area (Å²) in [6, 6.07) is 1.06. The van der Waals surface area contributed by atoms with Gasteiger partial charge in [0.15, 0.2) is 5.82 Å². The van der Waals surface area contributed by atoms with Gasteiger partial charge in [0.2, 0.25) is 0 Å². The number of thiazole rings is 1. The Morgan fingerprint density at radius 2 is 1.69 bits per heavy atom. The smallest absolute Gasteiger partial charge is 0.416 e. The van der Waals surface area contributed by atoms with Gasteiger partial charge in [-0.2, -0.15) is 26.3 Å². The predicted octanol–water partition coefficient (Wildman–Crippen LogP) is 5.39. The molecule has 0 radical (unpaired) electrons. The molecule has 0 amide bonds. The van der Waals surface area contributed by atoms with Crippen LogP contribution in [-0.4, -0.2) is 31.8 Å². The second-order valence-corrected chi connectivity index (χ2v) is 7.57. The van der Waals surface area contributed by atoms with Crippen LogP contribution < -0.4 is 0 Å². The average Bonchev–Trinajstić information content (AvgIpc) is 3.35. The maximum absolute atomic E-state index is 13.1. The summed E-state index contributed by atoms with van der Waals surface area (Å²) in [7, 11) is 0. The van der Waals surface area contributed by atoms with E-state index in [1.54, 1.807) is 19.2 Å². The molecular weight excluding hydrogens is 462 g/mol. The molecule has 0 saturated heterocycles. The first-order chi connectivity index (χ1) is 14.8. The fraction of sp³-hybridized carbons (Fsp3) is 0.263. The maximum atomic E-state index is 13.1. The zero-order valence-corrected chi connectivity index (χ0v) is 17.2. The summed E-state index contributed by atoms with van der Waals surface area (Å²) >= 11 is 1.13. The predicted molar refractivity (Wildman–Crippen MR) is 103 cm³/mol. The second kappa shape index (κ2) is 8.73. The van der Waals surface area contributed by atoms with Crippen LogP contribution in [0.15, 0.2) is 36.1 Å². The first-order valence-corrected chi connectivity index (χ1v) is 9.76. The van der Waals surface area contributed by atoms with Crippen molar-refractivity contribution >= 4 is 29.1 Å². The van der Waals surface area contributed by atoms with E-state index < -0.39 is 46.9 Å². The van der Waals surface area contributed by atoms with E-state index in [4.69, 9.17) is 4.74 Å². The molecule has 0 fully saturated rings. The lowest BCUT2D eigenvalue weighted by Gasteiger charge is -2.13. The van der Waals surface area contributed by atoms with E-state index in [2.05, 4.69) is 15.1 Å². The highest BCUT2D eigenvalue weighted by Gasteiger charge is 2.37. The molecule has 3 rings (SSSR count). The Labute approximate surface area is 181 Å². The van der Waals surface area contributed by atoms with E-state index in [-0.39, 0.29) is 16.6 Å². The van der Waals surface area contributed by atoms with Crippen LogP contribution in [0.1, 0.15) is 30.0 Å². The third-order valence-corrected chi connectivity index (χ3v) is 4.65. The summed E-state index contributed by atoms with van der Waals surface area (Å²) in [5, 5.41) is 5.80. The van der Waals surface area contributed by atoms with Gasteiger partial charge in [-0.3, -0.25) is 0 Å². The molecule has 0 bridgehead atoms. The van der Waals surface area contributed by atoms with Crippen LogP contribution in [0.2, 0.25) is 0 Å². The molecule has 0 saturated carbocycles. The standard InChI is InChI=1S/C19H14F6N4O2S/c1-10(2)31-17(30)14(16-26-3-4-32-16)8-29-9-27-15(28-29)11-5-12(18(20,21)22)7-13(6-11)19(23,24)25/h3-10H,1-2H3/b14-8-. The van der Waals surface area contributed by atoms with Crippen molar-refractivity contribution in [2.24, 2.45) is 0 Å². The van der Waals surface area contributed by atoms with Crippen LogP contribution in [0.5, 0.6) is 0 Å². The Hall–Kier alpha value is -3.22. The van der Waals surface area contributed by atoms with Crippen LogP contribution >= 0.6 is 11.3 Å². The topological polar surface area (TPSA) is 69.9 Å². The fourth-order valence-corrected chi connectivity index (χ4v) is 3.15. The first kappa shape index (κ1) is 23.4. The number of carbonyl (C=O) groups excluding carboxylic acids is 1. The van der Waals surface area contributed by atoms with Crippen LogP contribution in [0.4, 0.5) is 26.3 Å². The molecular formula is C19H14F6N4O2S. The number of ether oxygens (including phenoxy) is 1. The largest absolute Gasteiger partial charge is 0.459 e. The lowest BCUT2D eigenvalue weighted by Crippen LogP contribution is -2.13. The number of halogens is 6.